The van der Waals surface area contributed by atoms with Crippen LogP contribution in [0.1, 0.15) is 17.4 Å². The standard InChI is InChI=1S/C11H16N4O/c1-8(2)7-15(4)10-6-5-9(13-14-10)11(16)12-3/h5-6H,1,7H2,2-4H3,(H,12,16). The zero-order chi connectivity index (χ0) is 12.1. The number of aromatic nitrogens is 2. The normalized spacial score (nSPS) is 9.69. The number of likely N-dealkylation sites (N-methyl/N-ethyl adjacent to an activating group) is 1. The van der Waals surface area contributed by atoms with Crippen molar-refractivity contribution in [1.29, 1.82) is 0 Å². The molecule has 0 saturated carbocycles. The van der Waals surface area contributed by atoms with E-state index in [4.69, 9.17) is 0 Å². The highest BCUT2D eigenvalue weighted by atomic mass is 16.1. The molecule has 86 valence electrons. The van der Waals surface area contributed by atoms with Crippen LogP contribution >= 0.6 is 0 Å². The van der Waals surface area contributed by atoms with Gasteiger partial charge in [0, 0.05) is 20.6 Å². The van der Waals surface area contributed by atoms with Crippen molar-refractivity contribution in [2.45, 2.75) is 6.92 Å². The highest BCUT2D eigenvalue weighted by Gasteiger charge is 2.07. The van der Waals surface area contributed by atoms with E-state index in [9.17, 15) is 4.79 Å². The van der Waals surface area contributed by atoms with E-state index in [0.717, 1.165) is 11.4 Å². The Balaban J connectivity index is 2.78. The molecule has 16 heavy (non-hydrogen) atoms. The van der Waals surface area contributed by atoms with Gasteiger partial charge in [-0.1, -0.05) is 12.2 Å². The first-order valence-electron chi connectivity index (χ1n) is 4.96. The molecule has 5 nitrogen and oxygen atoms in total. The summed E-state index contributed by atoms with van der Waals surface area (Å²) in [6.45, 7) is 6.49. The molecule has 0 aliphatic heterocycles. The van der Waals surface area contributed by atoms with Crippen LogP contribution in [0.5, 0.6) is 0 Å². The summed E-state index contributed by atoms with van der Waals surface area (Å²) in [5, 5.41) is 10.3. The molecule has 0 atom stereocenters. The number of carbonyl (C=O) groups is 1. The topological polar surface area (TPSA) is 58.1 Å². The number of amides is 1. The molecular formula is C11H16N4O. The van der Waals surface area contributed by atoms with Crippen LogP contribution in [0.3, 0.4) is 0 Å². The summed E-state index contributed by atoms with van der Waals surface area (Å²) in [4.78, 5) is 13.2. The molecule has 1 amide bonds. The Kier molecular flexibility index (Phi) is 3.99. The van der Waals surface area contributed by atoms with Gasteiger partial charge in [0.25, 0.3) is 5.91 Å². The van der Waals surface area contributed by atoms with E-state index in [1.165, 1.54) is 0 Å². The largest absolute Gasteiger partial charge is 0.354 e. The maximum absolute atomic E-state index is 11.2. The monoisotopic (exact) mass is 220 g/mol. The van der Waals surface area contributed by atoms with Crippen molar-refractivity contribution >= 4 is 11.7 Å². The van der Waals surface area contributed by atoms with Crippen LogP contribution in [0.4, 0.5) is 5.82 Å². The molecule has 1 aromatic heterocycles. The predicted octanol–water partition coefficient (Wildman–Crippen LogP) is 0.848. The minimum atomic E-state index is -0.235. The van der Waals surface area contributed by atoms with Gasteiger partial charge in [-0.3, -0.25) is 4.79 Å². The van der Waals surface area contributed by atoms with Crippen molar-refractivity contribution < 1.29 is 4.79 Å². The summed E-state index contributed by atoms with van der Waals surface area (Å²) in [5.41, 5.74) is 1.36. The summed E-state index contributed by atoms with van der Waals surface area (Å²) >= 11 is 0. The highest BCUT2D eigenvalue weighted by molar-refractivity contribution is 5.91. The molecule has 0 saturated heterocycles. The van der Waals surface area contributed by atoms with E-state index >= 15 is 0 Å². The molecule has 0 aliphatic carbocycles. The Labute approximate surface area is 95.2 Å². The van der Waals surface area contributed by atoms with Crippen molar-refractivity contribution in [3.8, 4) is 0 Å². The van der Waals surface area contributed by atoms with Gasteiger partial charge in [-0.15, -0.1) is 10.2 Å². The first kappa shape index (κ1) is 12.2. The van der Waals surface area contributed by atoms with Gasteiger partial charge in [0.1, 0.15) is 0 Å². The third kappa shape index (κ3) is 3.05. The average molecular weight is 220 g/mol. The van der Waals surface area contributed by atoms with Crippen LogP contribution in [0, 0.1) is 0 Å². The highest BCUT2D eigenvalue weighted by Crippen LogP contribution is 2.08. The van der Waals surface area contributed by atoms with Crippen molar-refractivity contribution in [2.24, 2.45) is 0 Å². The fourth-order valence-corrected chi connectivity index (χ4v) is 1.26. The smallest absolute Gasteiger partial charge is 0.271 e. The van der Waals surface area contributed by atoms with Crippen LogP contribution in [-0.4, -0.2) is 36.7 Å². The molecule has 0 unspecified atom stereocenters. The molecular weight excluding hydrogens is 204 g/mol. The number of nitrogens with zero attached hydrogens (tertiary/aromatic N) is 3. The molecule has 1 rings (SSSR count). The lowest BCUT2D eigenvalue weighted by molar-refractivity contribution is 0.0957. The molecule has 0 bridgehead atoms. The molecule has 0 aromatic carbocycles. The second-order valence-corrected chi connectivity index (χ2v) is 3.67. The van der Waals surface area contributed by atoms with Crippen LogP contribution in [0.25, 0.3) is 0 Å². The molecule has 0 fully saturated rings. The van der Waals surface area contributed by atoms with Crippen molar-refractivity contribution in [3.05, 3.63) is 30.0 Å². The summed E-state index contributed by atoms with van der Waals surface area (Å²) in [5.74, 6) is 0.484. The Morgan fingerprint density at radius 3 is 2.62 bits per heavy atom. The summed E-state index contributed by atoms with van der Waals surface area (Å²) < 4.78 is 0. The van der Waals surface area contributed by atoms with E-state index in [0.29, 0.717) is 12.2 Å². The Hall–Kier alpha value is -1.91. The SMILES string of the molecule is C=C(C)CN(C)c1ccc(C(=O)NC)nn1. The van der Waals surface area contributed by atoms with Gasteiger partial charge < -0.3 is 10.2 Å². The van der Waals surface area contributed by atoms with Crippen LogP contribution in [0.15, 0.2) is 24.3 Å². The quantitative estimate of drug-likeness (QED) is 0.764. The van der Waals surface area contributed by atoms with E-state index in [-0.39, 0.29) is 5.91 Å². The van der Waals surface area contributed by atoms with E-state index in [1.54, 1.807) is 19.2 Å². The van der Waals surface area contributed by atoms with E-state index in [2.05, 4.69) is 22.1 Å². The average Bonchev–Trinajstić information content (AvgIpc) is 2.27. The van der Waals surface area contributed by atoms with Gasteiger partial charge in [-0.2, -0.15) is 0 Å². The zero-order valence-electron chi connectivity index (χ0n) is 9.82. The number of carbonyl (C=O) groups excluding carboxylic acids is 1. The van der Waals surface area contributed by atoms with Crippen LogP contribution in [0.2, 0.25) is 0 Å². The van der Waals surface area contributed by atoms with Gasteiger partial charge in [0.15, 0.2) is 11.5 Å². The fourth-order valence-electron chi connectivity index (χ4n) is 1.26. The van der Waals surface area contributed by atoms with Gasteiger partial charge in [-0.05, 0) is 19.1 Å². The van der Waals surface area contributed by atoms with Gasteiger partial charge in [0.05, 0.1) is 0 Å². The lowest BCUT2D eigenvalue weighted by atomic mass is 10.3. The van der Waals surface area contributed by atoms with E-state index in [1.807, 2.05) is 18.9 Å². The second-order valence-electron chi connectivity index (χ2n) is 3.67. The lowest BCUT2D eigenvalue weighted by Gasteiger charge is -2.17. The predicted molar refractivity (Wildman–Crippen MR) is 63.5 cm³/mol. The van der Waals surface area contributed by atoms with Gasteiger partial charge in [0.2, 0.25) is 0 Å². The third-order valence-corrected chi connectivity index (χ3v) is 2.01. The molecule has 1 heterocycles. The zero-order valence-corrected chi connectivity index (χ0v) is 9.82. The van der Waals surface area contributed by atoms with Crippen LogP contribution in [-0.2, 0) is 0 Å². The molecule has 1 N–H and O–H groups in total. The third-order valence-electron chi connectivity index (χ3n) is 2.01. The Bertz CT molecular complexity index is 385. The minimum absolute atomic E-state index is 0.235. The number of rotatable bonds is 4. The van der Waals surface area contributed by atoms with Crippen molar-refractivity contribution in [3.63, 3.8) is 0 Å². The summed E-state index contributed by atoms with van der Waals surface area (Å²) in [6, 6.07) is 3.41. The number of anilines is 1. The molecule has 1 aromatic rings. The maximum Gasteiger partial charge on any atom is 0.271 e. The maximum atomic E-state index is 11.2. The lowest BCUT2D eigenvalue weighted by Crippen LogP contribution is -2.23. The fraction of sp³-hybridized carbons (Fsp3) is 0.364. The first-order valence-corrected chi connectivity index (χ1v) is 4.96. The van der Waals surface area contributed by atoms with Crippen molar-refractivity contribution in [2.75, 3.05) is 25.5 Å². The van der Waals surface area contributed by atoms with Gasteiger partial charge >= 0.3 is 0 Å². The minimum Gasteiger partial charge on any atom is -0.354 e. The van der Waals surface area contributed by atoms with Crippen LogP contribution < -0.4 is 10.2 Å². The molecule has 0 spiro atoms. The summed E-state index contributed by atoms with van der Waals surface area (Å²) in [7, 11) is 3.46. The number of hydrogen-bond donors (Lipinski definition) is 1. The molecule has 0 radical (unpaired) electrons. The number of hydrogen-bond acceptors (Lipinski definition) is 4. The molecule has 0 aliphatic rings. The first-order chi connectivity index (χ1) is 7.54. The van der Waals surface area contributed by atoms with E-state index < -0.39 is 0 Å². The summed E-state index contributed by atoms with van der Waals surface area (Å²) in [6.07, 6.45) is 0. The van der Waals surface area contributed by atoms with Crippen molar-refractivity contribution in [1.82, 2.24) is 15.5 Å². The molecule has 5 heteroatoms. The Morgan fingerprint density at radius 1 is 1.50 bits per heavy atom. The number of nitrogens with one attached hydrogen (secondary N) is 1. The second kappa shape index (κ2) is 5.25. The Morgan fingerprint density at radius 2 is 2.19 bits per heavy atom. The van der Waals surface area contributed by atoms with Gasteiger partial charge in [-0.25, -0.2) is 0 Å².